The predicted octanol–water partition coefficient (Wildman–Crippen LogP) is 6.64. The number of phenolic OH excluding ortho intramolecular Hbond substituents is 1. The smallest absolute Gasteiger partial charge is 0.224 e. The van der Waals surface area contributed by atoms with Crippen LogP contribution in [0, 0.1) is 24.4 Å². The highest BCUT2D eigenvalue weighted by Crippen LogP contribution is 2.41. The quantitative estimate of drug-likeness (QED) is 0.486. The molecule has 32 heavy (non-hydrogen) atoms. The van der Waals surface area contributed by atoms with Crippen molar-refractivity contribution >= 4 is 17.3 Å². The predicted molar refractivity (Wildman–Crippen MR) is 119 cm³/mol. The molecule has 0 atom stereocenters. The van der Waals surface area contributed by atoms with Gasteiger partial charge in [0.05, 0.1) is 5.69 Å². The SMILES string of the molecule is CCC1=CN=C1Oc1ccc(F)c(N(C)c2cc(-c3cccc(F)c3)cc(C)c2O)c1F. The number of hydrogen-bond donors (Lipinski definition) is 1. The van der Waals surface area contributed by atoms with Gasteiger partial charge in [0.2, 0.25) is 5.90 Å². The zero-order valence-electron chi connectivity index (χ0n) is 17.8. The average Bonchev–Trinajstić information content (AvgIpc) is 2.74. The molecule has 1 aliphatic rings. The van der Waals surface area contributed by atoms with Crippen molar-refractivity contribution in [2.24, 2.45) is 4.99 Å². The van der Waals surface area contributed by atoms with Crippen molar-refractivity contribution in [3.05, 3.63) is 83.3 Å². The summed E-state index contributed by atoms with van der Waals surface area (Å²) in [6.07, 6.45) is 2.30. The van der Waals surface area contributed by atoms with Gasteiger partial charge < -0.3 is 14.7 Å². The summed E-state index contributed by atoms with van der Waals surface area (Å²) in [5.41, 5.74) is 2.24. The van der Waals surface area contributed by atoms with E-state index in [1.165, 1.54) is 30.1 Å². The zero-order valence-corrected chi connectivity index (χ0v) is 17.8. The minimum absolute atomic E-state index is 0.141. The third-order valence-corrected chi connectivity index (χ3v) is 5.37. The van der Waals surface area contributed by atoms with E-state index in [-0.39, 0.29) is 17.2 Å². The number of nitrogens with zero attached hydrogens (tertiary/aromatic N) is 2. The van der Waals surface area contributed by atoms with Crippen LogP contribution in [0.25, 0.3) is 11.1 Å². The molecule has 0 bridgehead atoms. The van der Waals surface area contributed by atoms with Crippen LogP contribution in [0.15, 0.2) is 65.3 Å². The summed E-state index contributed by atoms with van der Waals surface area (Å²) >= 11 is 0. The van der Waals surface area contributed by atoms with E-state index in [1.54, 1.807) is 37.4 Å². The summed E-state index contributed by atoms with van der Waals surface area (Å²) in [6, 6.07) is 11.5. The molecule has 3 aromatic rings. The topological polar surface area (TPSA) is 45.1 Å². The first-order valence-corrected chi connectivity index (χ1v) is 10.1. The summed E-state index contributed by atoms with van der Waals surface area (Å²) in [7, 11) is 1.44. The van der Waals surface area contributed by atoms with E-state index in [0.29, 0.717) is 29.0 Å². The number of aromatic hydroxyl groups is 1. The van der Waals surface area contributed by atoms with E-state index in [0.717, 1.165) is 11.6 Å². The third kappa shape index (κ3) is 3.82. The lowest BCUT2D eigenvalue weighted by atomic mass is 10.0. The van der Waals surface area contributed by atoms with Gasteiger partial charge in [0.15, 0.2) is 11.6 Å². The Balaban J connectivity index is 1.76. The van der Waals surface area contributed by atoms with E-state index < -0.39 is 23.1 Å². The second kappa shape index (κ2) is 8.42. The van der Waals surface area contributed by atoms with Crippen molar-refractivity contribution in [3.8, 4) is 22.6 Å². The standard InChI is InChI=1S/C25H21F3N2O2/c1-4-15-13-29-25(15)32-21-9-8-19(27)23(22(21)28)30(3)20-12-17(10-14(2)24(20)31)16-6-5-7-18(26)11-16/h5-13,31H,4H2,1-3H3. The van der Waals surface area contributed by atoms with Crippen molar-refractivity contribution in [3.63, 3.8) is 0 Å². The Labute approximate surface area is 183 Å². The van der Waals surface area contributed by atoms with Gasteiger partial charge in [-0.3, -0.25) is 0 Å². The molecule has 0 saturated carbocycles. The molecule has 0 saturated heterocycles. The molecule has 1 aliphatic heterocycles. The van der Waals surface area contributed by atoms with Crippen molar-refractivity contribution in [2.75, 3.05) is 11.9 Å². The fourth-order valence-corrected chi connectivity index (χ4v) is 3.53. The number of anilines is 2. The van der Waals surface area contributed by atoms with Crippen LogP contribution in [-0.4, -0.2) is 18.1 Å². The van der Waals surface area contributed by atoms with Crippen LogP contribution >= 0.6 is 0 Å². The molecular formula is C25H21F3N2O2. The van der Waals surface area contributed by atoms with Gasteiger partial charge in [0, 0.05) is 18.8 Å². The van der Waals surface area contributed by atoms with Crippen molar-refractivity contribution in [1.82, 2.24) is 0 Å². The van der Waals surface area contributed by atoms with Gasteiger partial charge in [-0.2, -0.15) is 0 Å². The highest BCUT2D eigenvalue weighted by atomic mass is 19.1. The molecule has 1 N–H and O–H groups in total. The summed E-state index contributed by atoms with van der Waals surface area (Å²) in [6.45, 7) is 3.58. The Bertz CT molecular complexity index is 1270. The number of benzene rings is 3. The summed E-state index contributed by atoms with van der Waals surface area (Å²) < 4.78 is 49.3. The van der Waals surface area contributed by atoms with Crippen LogP contribution in [0.3, 0.4) is 0 Å². The fourth-order valence-electron chi connectivity index (χ4n) is 3.53. The van der Waals surface area contributed by atoms with Crippen LogP contribution in [0.5, 0.6) is 11.5 Å². The molecule has 0 fully saturated rings. The molecule has 4 nitrogen and oxygen atoms in total. The van der Waals surface area contributed by atoms with Gasteiger partial charge in [-0.25, -0.2) is 18.2 Å². The minimum atomic E-state index is -0.925. The zero-order chi connectivity index (χ0) is 23.0. The Kier molecular flexibility index (Phi) is 5.65. The molecule has 0 aliphatic carbocycles. The molecule has 0 spiro atoms. The molecule has 3 aromatic carbocycles. The van der Waals surface area contributed by atoms with Crippen molar-refractivity contribution in [2.45, 2.75) is 20.3 Å². The Hall–Kier alpha value is -3.74. The number of phenols is 1. The van der Waals surface area contributed by atoms with Crippen LogP contribution < -0.4 is 9.64 Å². The van der Waals surface area contributed by atoms with Gasteiger partial charge in [-0.15, -0.1) is 0 Å². The van der Waals surface area contributed by atoms with E-state index in [1.807, 2.05) is 6.92 Å². The van der Waals surface area contributed by atoms with Crippen molar-refractivity contribution in [1.29, 1.82) is 0 Å². The Morgan fingerprint density at radius 1 is 1.03 bits per heavy atom. The fraction of sp³-hybridized carbons (Fsp3) is 0.160. The summed E-state index contributed by atoms with van der Waals surface area (Å²) in [4.78, 5) is 5.19. The molecule has 4 rings (SSSR count). The van der Waals surface area contributed by atoms with Gasteiger partial charge >= 0.3 is 0 Å². The molecule has 164 valence electrons. The number of halogens is 3. The molecule has 1 heterocycles. The lowest BCUT2D eigenvalue weighted by Gasteiger charge is -2.25. The normalized spacial score (nSPS) is 12.7. The lowest BCUT2D eigenvalue weighted by Crippen LogP contribution is -2.19. The van der Waals surface area contributed by atoms with E-state index in [4.69, 9.17) is 4.74 Å². The van der Waals surface area contributed by atoms with Crippen molar-refractivity contribution < 1.29 is 23.0 Å². The Morgan fingerprint density at radius 3 is 2.47 bits per heavy atom. The highest BCUT2D eigenvalue weighted by Gasteiger charge is 2.25. The minimum Gasteiger partial charge on any atom is -0.505 e. The van der Waals surface area contributed by atoms with Gasteiger partial charge in [-0.05, 0) is 66.4 Å². The second-order valence-corrected chi connectivity index (χ2v) is 7.48. The van der Waals surface area contributed by atoms with Gasteiger partial charge in [0.25, 0.3) is 0 Å². The Morgan fingerprint density at radius 2 is 1.81 bits per heavy atom. The maximum atomic E-state index is 15.3. The number of rotatable bonds is 5. The van der Waals surface area contributed by atoms with E-state index in [2.05, 4.69) is 4.99 Å². The summed E-state index contributed by atoms with van der Waals surface area (Å²) in [5, 5.41) is 10.6. The first kappa shape index (κ1) is 21.5. The number of ether oxygens (including phenoxy) is 1. The molecule has 7 heteroatoms. The monoisotopic (exact) mass is 438 g/mol. The third-order valence-electron chi connectivity index (χ3n) is 5.37. The number of aliphatic imine (C=N–C) groups is 1. The lowest BCUT2D eigenvalue weighted by molar-refractivity contribution is 0.469. The van der Waals surface area contributed by atoms with Crippen LogP contribution in [-0.2, 0) is 0 Å². The largest absolute Gasteiger partial charge is 0.505 e. The second-order valence-electron chi connectivity index (χ2n) is 7.48. The van der Waals surface area contributed by atoms with Crippen LogP contribution in [0.4, 0.5) is 24.5 Å². The number of hydrogen-bond acceptors (Lipinski definition) is 4. The van der Waals surface area contributed by atoms with Crippen LogP contribution in [0.2, 0.25) is 0 Å². The molecular weight excluding hydrogens is 417 g/mol. The van der Waals surface area contributed by atoms with Gasteiger partial charge in [-0.1, -0.05) is 19.1 Å². The molecule has 0 aromatic heterocycles. The van der Waals surface area contributed by atoms with E-state index >= 15 is 4.39 Å². The summed E-state index contributed by atoms with van der Waals surface area (Å²) in [5.74, 6) is -2.19. The number of aryl methyl sites for hydroxylation is 1. The molecule has 0 amide bonds. The highest BCUT2D eigenvalue weighted by molar-refractivity contribution is 5.99. The van der Waals surface area contributed by atoms with Gasteiger partial charge in [0.1, 0.15) is 23.1 Å². The van der Waals surface area contributed by atoms with Crippen LogP contribution in [0.1, 0.15) is 18.9 Å². The maximum Gasteiger partial charge on any atom is 0.224 e. The van der Waals surface area contributed by atoms with E-state index in [9.17, 15) is 13.9 Å². The molecule has 0 unspecified atom stereocenters. The molecule has 0 radical (unpaired) electrons. The maximum absolute atomic E-state index is 15.3. The first-order valence-electron chi connectivity index (χ1n) is 10.1. The average molecular weight is 438 g/mol. The first-order chi connectivity index (χ1) is 15.3.